The normalized spacial score (nSPS) is 27.1. The largest absolute Gasteiger partial charge is 0.369 e. The predicted octanol–water partition coefficient (Wildman–Crippen LogP) is -0.116. The molecule has 1 rings (SSSR count). The van der Waals surface area contributed by atoms with Crippen LogP contribution in [0, 0.1) is 5.92 Å². The highest BCUT2D eigenvalue weighted by Gasteiger charge is 2.26. The van der Waals surface area contributed by atoms with Gasteiger partial charge in [0.1, 0.15) is 0 Å². The van der Waals surface area contributed by atoms with Gasteiger partial charge in [-0.15, -0.1) is 0 Å². The van der Waals surface area contributed by atoms with E-state index in [4.69, 9.17) is 11.5 Å². The van der Waals surface area contributed by atoms with E-state index in [9.17, 15) is 9.59 Å². The molecule has 5 heteroatoms. The number of nitrogens with one attached hydrogen (secondary N) is 1. The third kappa shape index (κ3) is 3.48. The van der Waals surface area contributed by atoms with Crippen molar-refractivity contribution in [1.82, 2.24) is 5.32 Å². The summed E-state index contributed by atoms with van der Waals surface area (Å²) < 4.78 is 0. The van der Waals surface area contributed by atoms with Crippen LogP contribution >= 0.6 is 0 Å². The minimum absolute atomic E-state index is 0.0204. The molecule has 0 aliphatic heterocycles. The summed E-state index contributed by atoms with van der Waals surface area (Å²) in [6, 6.07) is -0.269. The van der Waals surface area contributed by atoms with Crippen LogP contribution in [0.5, 0.6) is 0 Å². The molecule has 5 nitrogen and oxygen atoms in total. The first kappa shape index (κ1) is 13.0. The van der Waals surface area contributed by atoms with Crippen LogP contribution in [0.3, 0.4) is 0 Å². The lowest BCUT2D eigenvalue weighted by atomic mass is 9.85. The Morgan fingerprint density at radius 2 is 1.88 bits per heavy atom. The number of hydrogen-bond donors (Lipinski definition) is 3. The third-order valence-corrected chi connectivity index (χ3v) is 3.25. The van der Waals surface area contributed by atoms with Crippen molar-refractivity contribution in [3.63, 3.8) is 0 Å². The van der Waals surface area contributed by atoms with Crippen LogP contribution < -0.4 is 16.8 Å². The van der Waals surface area contributed by atoms with Crippen molar-refractivity contribution in [2.45, 2.75) is 51.1 Å². The van der Waals surface area contributed by atoms with Crippen molar-refractivity contribution in [2.75, 3.05) is 0 Å². The molecule has 16 heavy (non-hydrogen) atoms. The van der Waals surface area contributed by atoms with E-state index in [1.165, 1.54) is 0 Å². The molecule has 5 N–H and O–H groups in total. The SMILES string of the molecule is CCC(N)C(=O)NC1CCC(C(N)=O)CC1. The number of rotatable bonds is 4. The first-order valence-electron chi connectivity index (χ1n) is 5.89. The van der Waals surface area contributed by atoms with Gasteiger partial charge in [0.25, 0.3) is 0 Å². The van der Waals surface area contributed by atoms with Crippen LogP contribution in [0.15, 0.2) is 0 Å². The van der Waals surface area contributed by atoms with E-state index in [0.29, 0.717) is 6.42 Å². The van der Waals surface area contributed by atoms with Gasteiger partial charge in [-0.25, -0.2) is 0 Å². The molecule has 0 bridgehead atoms. The van der Waals surface area contributed by atoms with Gasteiger partial charge in [0.2, 0.25) is 11.8 Å². The van der Waals surface area contributed by atoms with Crippen molar-refractivity contribution in [1.29, 1.82) is 0 Å². The lowest BCUT2D eigenvalue weighted by Gasteiger charge is -2.28. The number of carbonyl (C=O) groups is 2. The molecule has 0 aromatic heterocycles. The van der Waals surface area contributed by atoms with E-state index in [1.807, 2.05) is 6.92 Å². The molecular formula is C11H21N3O2. The van der Waals surface area contributed by atoms with Crippen molar-refractivity contribution in [2.24, 2.45) is 17.4 Å². The minimum Gasteiger partial charge on any atom is -0.369 e. The molecule has 2 amide bonds. The summed E-state index contributed by atoms with van der Waals surface area (Å²) in [5.74, 6) is -0.340. The fourth-order valence-corrected chi connectivity index (χ4v) is 2.02. The van der Waals surface area contributed by atoms with E-state index in [-0.39, 0.29) is 23.8 Å². The molecular weight excluding hydrogens is 206 g/mol. The van der Waals surface area contributed by atoms with Crippen LogP contribution in [0.2, 0.25) is 0 Å². The van der Waals surface area contributed by atoms with Crippen LogP contribution in [0.1, 0.15) is 39.0 Å². The highest BCUT2D eigenvalue weighted by Crippen LogP contribution is 2.23. The van der Waals surface area contributed by atoms with Crippen LogP contribution in [-0.2, 0) is 9.59 Å². The summed E-state index contributed by atoms with van der Waals surface area (Å²) in [4.78, 5) is 22.5. The highest BCUT2D eigenvalue weighted by molar-refractivity contribution is 5.81. The van der Waals surface area contributed by atoms with E-state index in [0.717, 1.165) is 25.7 Å². The molecule has 1 unspecified atom stereocenters. The van der Waals surface area contributed by atoms with Crippen molar-refractivity contribution in [3.8, 4) is 0 Å². The van der Waals surface area contributed by atoms with Crippen LogP contribution in [-0.4, -0.2) is 23.9 Å². The second-order valence-corrected chi connectivity index (χ2v) is 4.47. The van der Waals surface area contributed by atoms with Gasteiger partial charge in [-0.1, -0.05) is 6.92 Å². The van der Waals surface area contributed by atoms with Gasteiger partial charge in [-0.05, 0) is 32.1 Å². The van der Waals surface area contributed by atoms with Gasteiger partial charge < -0.3 is 16.8 Å². The van der Waals surface area contributed by atoms with Gasteiger partial charge in [-0.2, -0.15) is 0 Å². The summed E-state index contributed by atoms with van der Waals surface area (Å²) in [5, 5.41) is 2.91. The van der Waals surface area contributed by atoms with Gasteiger partial charge >= 0.3 is 0 Å². The van der Waals surface area contributed by atoms with E-state index >= 15 is 0 Å². The summed E-state index contributed by atoms with van der Waals surface area (Å²) in [7, 11) is 0. The number of carbonyl (C=O) groups excluding carboxylic acids is 2. The predicted molar refractivity (Wildman–Crippen MR) is 61.3 cm³/mol. The lowest BCUT2D eigenvalue weighted by Crippen LogP contribution is -2.46. The molecule has 1 aliphatic rings. The third-order valence-electron chi connectivity index (χ3n) is 3.25. The Kier molecular flexibility index (Phi) is 4.73. The zero-order valence-corrected chi connectivity index (χ0v) is 9.74. The monoisotopic (exact) mass is 227 g/mol. The molecule has 1 saturated carbocycles. The maximum absolute atomic E-state index is 11.5. The van der Waals surface area contributed by atoms with Gasteiger partial charge in [0, 0.05) is 12.0 Å². The zero-order valence-electron chi connectivity index (χ0n) is 9.74. The summed E-state index contributed by atoms with van der Waals surface area (Å²) in [6.45, 7) is 1.88. The minimum atomic E-state index is -0.422. The molecule has 1 atom stereocenters. The van der Waals surface area contributed by atoms with Crippen LogP contribution in [0.4, 0.5) is 0 Å². The van der Waals surface area contributed by atoms with E-state index < -0.39 is 6.04 Å². The Balaban J connectivity index is 2.32. The Morgan fingerprint density at radius 3 is 2.31 bits per heavy atom. The number of nitrogens with two attached hydrogens (primary N) is 2. The van der Waals surface area contributed by atoms with Crippen molar-refractivity contribution in [3.05, 3.63) is 0 Å². The summed E-state index contributed by atoms with van der Waals surface area (Å²) in [5.41, 5.74) is 10.9. The lowest BCUT2D eigenvalue weighted by molar-refractivity contribution is -0.124. The molecule has 0 aromatic carbocycles. The van der Waals surface area contributed by atoms with Crippen molar-refractivity contribution >= 4 is 11.8 Å². The zero-order chi connectivity index (χ0) is 12.1. The topological polar surface area (TPSA) is 98.2 Å². The highest BCUT2D eigenvalue weighted by atomic mass is 16.2. The number of amides is 2. The fourth-order valence-electron chi connectivity index (χ4n) is 2.02. The molecule has 92 valence electrons. The Hall–Kier alpha value is -1.10. The van der Waals surface area contributed by atoms with Gasteiger partial charge in [-0.3, -0.25) is 9.59 Å². The Bertz CT molecular complexity index is 260. The van der Waals surface area contributed by atoms with Crippen molar-refractivity contribution < 1.29 is 9.59 Å². The smallest absolute Gasteiger partial charge is 0.237 e. The maximum atomic E-state index is 11.5. The molecule has 0 saturated heterocycles. The van der Waals surface area contributed by atoms with E-state index in [2.05, 4.69) is 5.32 Å². The molecule has 0 radical (unpaired) electrons. The molecule has 1 aliphatic carbocycles. The average Bonchev–Trinajstić information content (AvgIpc) is 2.28. The second-order valence-electron chi connectivity index (χ2n) is 4.47. The summed E-state index contributed by atoms with van der Waals surface area (Å²) in [6.07, 6.45) is 3.80. The first-order valence-corrected chi connectivity index (χ1v) is 5.89. The first-order chi connectivity index (χ1) is 7.54. The van der Waals surface area contributed by atoms with E-state index in [1.54, 1.807) is 0 Å². The van der Waals surface area contributed by atoms with Crippen LogP contribution in [0.25, 0.3) is 0 Å². The average molecular weight is 227 g/mol. The Labute approximate surface area is 95.9 Å². The second kappa shape index (κ2) is 5.84. The molecule has 0 aromatic rings. The molecule has 0 heterocycles. The number of primary amides is 1. The maximum Gasteiger partial charge on any atom is 0.237 e. The Morgan fingerprint density at radius 1 is 1.31 bits per heavy atom. The standard InChI is InChI=1S/C11H21N3O2/c1-2-9(12)11(16)14-8-5-3-7(4-6-8)10(13)15/h7-9H,2-6,12H2,1H3,(H2,13,15)(H,14,16). The molecule has 1 fully saturated rings. The van der Waals surface area contributed by atoms with Gasteiger partial charge in [0.15, 0.2) is 0 Å². The van der Waals surface area contributed by atoms with Gasteiger partial charge in [0.05, 0.1) is 6.04 Å². The quantitative estimate of drug-likeness (QED) is 0.624. The summed E-state index contributed by atoms with van der Waals surface area (Å²) >= 11 is 0. The molecule has 0 spiro atoms. The fraction of sp³-hybridized carbons (Fsp3) is 0.818. The number of hydrogen-bond acceptors (Lipinski definition) is 3.